The third-order valence-corrected chi connectivity index (χ3v) is 5.67. The highest BCUT2D eigenvalue weighted by Gasteiger charge is 2.26. The van der Waals surface area contributed by atoms with E-state index in [1.54, 1.807) is 16.7 Å². The Kier molecular flexibility index (Phi) is 4.99. The van der Waals surface area contributed by atoms with Crippen LogP contribution in [0.5, 0.6) is 0 Å². The number of benzene rings is 3. The summed E-state index contributed by atoms with van der Waals surface area (Å²) in [5.41, 5.74) is 10.9. The molecule has 0 spiro atoms. The number of nitrogens with one attached hydrogen (secondary N) is 1. The maximum atomic E-state index is 13.4. The molecule has 1 amide bonds. The molecule has 1 atom stereocenters. The van der Waals surface area contributed by atoms with Gasteiger partial charge in [0.25, 0.3) is 5.91 Å². The van der Waals surface area contributed by atoms with Crippen molar-refractivity contribution in [3.8, 4) is 5.69 Å². The highest BCUT2D eigenvalue weighted by atomic mass is 35.5. The molecule has 0 saturated carbocycles. The Bertz CT molecular complexity index is 1460. The number of nitrogens with zero attached hydrogens (tertiary/aromatic N) is 3. The fourth-order valence-electron chi connectivity index (χ4n) is 3.86. The number of aromatic nitrogens is 3. The lowest BCUT2D eigenvalue weighted by molar-refractivity contribution is 0.0942. The Labute approximate surface area is 189 Å². The average Bonchev–Trinajstić information content (AvgIpc) is 3.08. The van der Waals surface area contributed by atoms with Crippen LogP contribution in [0.1, 0.15) is 28.9 Å². The molecular formula is C25H20ClN5O. The number of nitrogen functional groups attached to an aromatic ring is 1. The van der Waals surface area contributed by atoms with Crippen molar-refractivity contribution in [1.82, 2.24) is 19.9 Å². The first-order chi connectivity index (χ1) is 15.5. The van der Waals surface area contributed by atoms with Gasteiger partial charge >= 0.3 is 0 Å². The number of hydrogen-bond acceptors (Lipinski definition) is 4. The summed E-state index contributed by atoms with van der Waals surface area (Å²) >= 11 is 6.23. The number of carbonyl (C=O) groups is 1. The number of rotatable bonds is 4. The second kappa shape index (κ2) is 7.98. The molecule has 2 heterocycles. The molecule has 0 aliphatic rings. The maximum Gasteiger partial charge on any atom is 0.257 e. The van der Waals surface area contributed by atoms with Gasteiger partial charge in [-0.3, -0.25) is 9.36 Å². The Hall–Kier alpha value is -3.90. The van der Waals surface area contributed by atoms with Crippen molar-refractivity contribution in [1.29, 1.82) is 0 Å². The van der Waals surface area contributed by atoms with Crippen LogP contribution in [-0.4, -0.2) is 20.4 Å². The monoisotopic (exact) mass is 441 g/mol. The zero-order valence-electron chi connectivity index (χ0n) is 17.3. The van der Waals surface area contributed by atoms with Crippen LogP contribution in [0.2, 0.25) is 5.02 Å². The van der Waals surface area contributed by atoms with E-state index < -0.39 is 0 Å². The average molecular weight is 442 g/mol. The van der Waals surface area contributed by atoms with Gasteiger partial charge in [0.2, 0.25) is 0 Å². The van der Waals surface area contributed by atoms with Crippen molar-refractivity contribution < 1.29 is 4.79 Å². The Morgan fingerprint density at radius 1 is 0.969 bits per heavy atom. The summed E-state index contributed by atoms with van der Waals surface area (Å²) < 4.78 is 1.72. The highest BCUT2D eigenvalue weighted by Crippen LogP contribution is 2.32. The molecule has 3 N–H and O–H groups in total. The molecule has 6 nitrogen and oxygen atoms in total. The van der Waals surface area contributed by atoms with Crippen molar-refractivity contribution in [2.24, 2.45) is 0 Å². The predicted octanol–water partition coefficient (Wildman–Crippen LogP) is 5.30. The quantitative estimate of drug-likeness (QED) is 0.396. The Morgan fingerprint density at radius 3 is 2.38 bits per heavy atom. The topological polar surface area (TPSA) is 85.8 Å². The number of carbonyl (C=O) groups excluding carboxylic acids is 1. The van der Waals surface area contributed by atoms with E-state index in [9.17, 15) is 4.79 Å². The predicted molar refractivity (Wildman–Crippen MR) is 128 cm³/mol. The minimum atomic E-state index is -0.311. The number of anilines is 1. The molecule has 0 aliphatic carbocycles. The van der Waals surface area contributed by atoms with Crippen molar-refractivity contribution in [2.45, 2.75) is 13.0 Å². The largest absolute Gasteiger partial charge is 0.384 e. The van der Waals surface area contributed by atoms with Gasteiger partial charge in [0.1, 0.15) is 16.9 Å². The summed E-state index contributed by atoms with van der Waals surface area (Å²) in [5, 5.41) is 3.60. The van der Waals surface area contributed by atoms with E-state index in [1.807, 2.05) is 73.7 Å². The molecular weight excluding hydrogens is 422 g/mol. The van der Waals surface area contributed by atoms with Crippen LogP contribution in [0, 0.1) is 0 Å². The Balaban J connectivity index is 1.70. The zero-order chi connectivity index (χ0) is 22.2. The van der Waals surface area contributed by atoms with Gasteiger partial charge < -0.3 is 11.1 Å². The molecule has 158 valence electrons. The minimum Gasteiger partial charge on any atom is -0.384 e. The summed E-state index contributed by atoms with van der Waals surface area (Å²) in [7, 11) is 0. The molecule has 5 aromatic rings. The zero-order valence-corrected chi connectivity index (χ0v) is 18.0. The molecule has 3 aromatic carbocycles. The lowest BCUT2D eigenvalue weighted by Gasteiger charge is -2.14. The van der Waals surface area contributed by atoms with Crippen molar-refractivity contribution >= 4 is 45.5 Å². The lowest BCUT2D eigenvalue weighted by Crippen LogP contribution is -2.27. The Morgan fingerprint density at radius 2 is 1.66 bits per heavy atom. The summed E-state index contributed by atoms with van der Waals surface area (Å²) in [5.74, 6) is -0.0513. The van der Waals surface area contributed by atoms with Crippen molar-refractivity contribution in [3.63, 3.8) is 0 Å². The van der Waals surface area contributed by atoms with E-state index in [1.165, 1.54) is 0 Å². The van der Waals surface area contributed by atoms with Gasteiger partial charge in [0.15, 0.2) is 5.65 Å². The number of fused-ring (bicyclic) bond motifs is 2. The molecule has 0 radical (unpaired) electrons. The first-order valence-electron chi connectivity index (χ1n) is 10.2. The van der Waals surface area contributed by atoms with E-state index >= 15 is 0 Å². The van der Waals surface area contributed by atoms with Crippen LogP contribution >= 0.6 is 11.6 Å². The third kappa shape index (κ3) is 3.44. The first-order valence-corrected chi connectivity index (χ1v) is 10.6. The standard InChI is InChI=1S/C25H20ClN5O/c1-15(16-8-3-2-4-9-16)28-25(32)21-22-24(30-20-13-6-5-12-19(20)29-22)31(23(21)27)18-11-7-10-17(26)14-18/h2-15H,27H2,1H3,(H,28,32). The fraction of sp³-hybridized carbons (Fsp3) is 0.0800. The number of amides is 1. The molecule has 0 saturated heterocycles. The van der Waals surface area contributed by atoms with Crippen molar-refractivity contribution in [3.05, 3.63) is 95.0 Å². The van der Waals surface area contributed by atoms with Gasteiger partial charge in [-0.1, -0.05) is 60.1 Å². The maximum absolute atomic E-state index is 13.4. The fourth-order valence-corrected chi connectivity index (χ4v) is 4.04. The van der Waals surface area contributed by atoms with E-state index in [-0.39, 0.29) is 17.8 Å². The smallest absolute Gasteiger partial charge is 0.257 e. The normalized spacial score (nSPS) is 12.2. The van der Waals surface area contributed by atoms with Gasteiger partial charge in [-0.2, -0.15) is 0 Å². The van der Waals surface area contributed by atoms with Crippen LogP contribution in [-0.2, 0) is 0 Å². The molecule has 0 bridgehead atoms. The second-order valence-corrected chi connectivity index (χ2v) is 8.00. The second-order valence-electron chi connectivity index (χ2n) is 7.57. The van der Waals surface area contributed by atoms with Crippen molar-refractivity contribution in [2.75, 3.05) is 5.73 Å². The first kappa shape index (κ1) is 20.0. The summed E-state index contributed by atoms with van der Waals surface area (Å²) in [4.78, 5) is 22.9. The van der Waals surface area contributed by atoms with Gasteiger partial charge in [-0.25, -0.2) is 9.97 Å². The third-order valence-electron chi connectivity index (χ3n) is 5.44. The van der Waals surface area contributed by atoms with Crippen LogP contribution in [0.25, 0.3) is 27.9 Å². The van der Waals surface area contributed by atoms with E-state index in [0.29, 0.717) is 38.5 Å². The van der Waals surface area contributed by atoms with Crippen LogP contribution in [0.3, 0.4) is 0 Å². The van der Waals surface area contributed by atoms with Gasteiger partial charge in [-0.15, -0.1) is 0 Å². The SMILES string of the molecule is CC(NC(=O)c1c(N)n(-c2cccc(Cl)c2)c2nc3ccccc3nc12)c1ccccc1. The van der Waals surface area contributed by atoms with E-state index in [0.717, 1.165) is 5.56 Å². The van der Waals surface area contributed by atoms with Gasteiger partial charge in [-0.05, 0) is 42.8 Å². The van der Waals surface area contributed by atoms with Gasteiger partial charge in [0, 0.05) is 5.02 Å². The lowest BCUT2D eigenvalue weighted by atomic mass is 10.1. The highest BCUT2D eigenvalue weighted by molar-refractivity contribution is 6.30. The summed E-state index contributed by atoms with van der Waals surface area (Å²) in [6.45, 7) is 1.93. The molecule has 32 heavy (non-hydrogen) atoms. The molecule has 0 aliphatic heterocycles. The molecule has 2 aromatic heterocycles. The minimum absolute atomic E-state index is 0.207. The summed E-state index contributed by atoms with van der Waals surface area (Å²) in [6, 6.07) is 24.3. The molecule has 7 heteroatoms. The molecule has 5 rings (SSSR count). The number of nitrogens with two attached hydrogens (primary N) is 1. The number of para-hydroxylation sites is 2. The van der Waals surface area contributed by atoms with E-state index in [4.69, 9.17) is 27.3 Å². The van der Waals surface area contributed by atoms with Crippen LogP contribution in [0.15, 0.2) is 78.9 Å². The molecule has 1 unspecified atom stereocenters. The number of halogens is 1. The number of hydrogen-bond donors (Lipinski definition) is 2. The van der Waals surface area contributed by atoms with E-state index in [2.05, 4.69) is 5.32 Å². The van der Waals surface area contributed by atoms with Crippen LogP contribution < -0.4 is 11.1 Å². The molecule has 0 fully saturated rings. The van der Waals surface area contributed by atoms with Crippen LogP contribution in [0.4, 0.5) is 5.82 Å². The van der Waals surface area contributed by atoms with Gasteiger partial charge in [0.05, 0.1) is 22.8 Å². The summed E-state index contributed by atoms with van der Waals surface area (Å²) in [6.07, 6.45) is 0.